The third kappa shape index (κ3) is 4.18. The molecule has 1 atom stereocenters. The molecule has 0 bridgehead atoms. The van der Waals surface area contributed by atoms with Crippen LogP contribution < -0.4 is 5.32 Å². The molecule has 3 rings (SSSR count). The summed E-state index contributed by atoms with van der Waals surface area (Å²) in [6, 6.07) is 2.38. The average molecular weight is 396 g/mol. The van der Waals surface area contributed by atoms with E-state index in [0.717, 1.165) is 13.2 Å². The van der Waals surface area contributed by atoms with Crippen molar-refractivity contribution < 1.29 is 22.4 Å². The molecule has 11 heteroatoms. The van der Waals surface area contributed by atoms with Crippen molar-refractivity contribution in [2.75, 3.05) is 18.9 Å². The van der Waals surface area contributed by atoms with Crippen LogP contribution in [0.2, 0.25) is 0 Å². The highest BCUT2D eigenvalue weighted by atomic mass is 19.4. The van der Waals surface area contributed by atoms with E-state index in [2.05, 4.69) is 25.3 Å². The number of rotatable bonds is 5. The van der Waals surface area contributed by atoms with Crippen LogP contribution in [-0.2, 0) is 4.79 Å². The number of hydrogen-bond donors (Lipinski definition) is 2. The quantitative estimate of drug-likeness (QED) is 0.648. The number of likely N-dealkylation sites (N-methyl/N-ethyl adjacent to an activating group) is 1. The van der Waals surface area contributed by atoms with E-state index in [0.29, 0.717) is 21.5 Å². The minimum absolute atomic E-state index is 0.173. The molecule has 0 radical (unpaired) electrons. The van der Waals surface area contributed by atoms with Gasteiger partial charge >= 0.3 is 6.18 Å². The lowest BCUT2D eigenvalue weighted by molar-refractivity contribution is -0.158. The lowest BCUT2D eigenvalue weighted by atomic mass is 10.2. The highest BCUT2D eigenvalue weighted by molar-refractivity contribution is 5.91. The number of amides is 1. The number of aromatic nitrogens is 4. The monoisotopic (exact) mass is 396 g/mol. The fraction of sp³-hybridized carbons (Fsp3) is 0.294. The molecule has 0 aromatic carbocycles. The second kappa shape index (κ2) is 7.41. The normalized spacial score (nSPS) is 12.8. The number of pyridine rings is 1. The molecule has 0 fully saturated rings. The summed E-state index contributed by atoms with van der Waals surface area (Å²) in [6.07, 6.45) is -0.385. The van der Waals surface area contributed by atoms with Gasteiger partial charge in [-0.3, -0.25) is 4.79 Å². The van der Waals surface area contributed by atoms with Crippen LogP contribution in [0.4, 0.5) is 23.4 Å². The molecule has 3 aromatic heterocycles. The van der Waals surface area contributed by atoms with E-state index in [9.17, 15) is 22.4 Å². The molecule has 0 spiro atoms. The maximum Gasteiger partial charge on any atom is 0.406 e. The zero-order valence-corrected chi connectivity index (χ0v) is 14.9. The first kappa shape index (κ1) is 19.5. The van der Waals surface area contributed by atoms with Gasteiger partial charge in [0.15, 0.2) is 17.5 Å². The van der Waals surface area contributed by atoms with E-state index in [4.69, 9.17) is 0 Å². The van der Waals surface area contributed by atoms with Gasteiger partial charge in [0.25, 0.3) is 0 Å². The van der Waals surface area contributed by atoms with Crippen LogP contribution in [0.1, 0.15) is 6.92 Å². The second-order valence-electron chi connectivity index (χ2n) is 6.17. The van der Waals surface area contributed by atoms with Gasteiger partial charge < -0.3 is 15.2 Å². The highest BCUT2D eigenvalue weighted by Gasteiger charge is 2.32. The molecule has 3 heterocycles. The number of nitrogens with zero attached hydrogens (tertiary/aromatic N) is 4. The molecule has 1 amide bonds. The molecule has 3 aromatic rings. The standard InChI is InChI=1S/C17H16F4N6O/c1-9(16(28)27(2)8-17(19,20)21)25-15-12(18)7-24-14(26-15)11-6-23-13-10(11)4-3-5-22-13/h3-7,9H,8H2,1-2H3,(H,22,23)(H,24,25,26)/t9-/m1/s1. The largest absolute Gasteiger partial charge is 0.406 e. The summed E-state index contributed by atoms with van der Waals surface area (Å²) in [7, 11) is 1.02. The molecule has 2 N–H and O–H groups in total. The Morgan fingerprint density at radius 1 is 1.36 bits per heavy atom. The van der Waals surface area contributed by atoms with Crippen molar-refractivity contribution in [2.24, 2.45) is 0 Å². The number of nitrogens with one attached hydrogen (secondary N) is 2. The lowest BCUT2D eigenvalue weighted by Gasteiger charge is -2.23. The van der Waals surface area contributed by atoms with Crippen molar-refractivity contribution in [1.29, 1.82) is 0 Å². The maximum atomic E-state index is 14.1. The van der Waals surface area contributed by atoms with Crippen molar-refractivity contribution in [3.8, 4) is 11.4 Å². The zero-order valence-electron chi connectivity index (χ0n) is 14.9. The first-order valence-corrected chi connectivity index (χ1v) is 8.19. The molecule has 148 valence electrons. The van der Waals surface area contributed by atoms with Crippen LogP contribution in [0.3, 0.4) is 0 Å². The van der Waals surface area contributed by atoms with Gasteiger partial charge in [0.1, 0.15) is 18.2 Å². The number of carbonyl (C=O) groups is 1. The lowest BCUT2D eigenvalue weighted by Crippen LogP contribution is -2.43. The van der Waals surface area contributed by atoms with Crippen LogP contribution in [0.15, 0.2) is 30.7 Å². The Labute approximate surface area is 156 Å². The topological polar surface area (TPSA) is 86.8 Å². The van der Waals surface area contributed by atoms with Crippen LogP contribution >= 0.6 is 0 Å². The van der Waals surface area contributed by atoms with Crippen molar-refractivity contribution in [3.05, 3.63) is 36.5 Å². The van der Waals surface area contributed by atoms with E-state index in [-0.39, 0.29) is 11.6 Å². The number of aromatic amines is 1. The zero-order chi connectivity index (χ0) is 20.5. The Kier molecular flexibility index (Phi) is 5.16. The smallest absolute Gasteiger partial charge is 0.356 e. The molecule has 0 aliphatic rings. The Bertz CT molecular complexity index is 1000. The van der Waals surface area contributed by atoms with Gasteiger partial charge in [-0.15, -0.1) is 0 Å². The second-order valence-corrected chi connectivity index (χ2v) is 6.17. The molecule has 7 nitrogen and oxygen atoms in total. The number of hydrogen-bond acceptors (Lipinski definition) is 5. The van der Waals surface area contributed by atoms with Crippen LogP contribution in [0, 0.1) is 5.82 Å². The van der Waals surface area contributed by atoms with Gasteiger partial charge in [-0.1, -0.05) is 0 Å². The van der Waals surface area contributed by atoms with Crippen molar-refractivity contribution in [2.45, 2.75) is 19.1 Å². The number of H-pyrrole nitrogens is 1. The minimum atomic E-state index is -4.53. The third-order valence-corrected chi connectivity index (χ3v) is 3.95. The fourth-order valence-corrected chi connectivity index (χ4v) is 2.68. The number of carbonyl (C=O) groups excluding carboxylic acids is 1. The number of anilines is 1. The third-order valence-electron chi connectivity index (χ3n) is 3.95. The van der Waals surface area contributed by atoms with Crippen molar-refractivity contribution in [1.82, 2.24) is 24.8 Å². The predicted octanol–water partition coefficient (Wildman–Crippen LogP) is 2.98. The highest BCUT2D eigenvalue weighted by Crippen LogP contribution is 2.26. The van der Waals surface area contributed by atoms with Crippen LogP contribution in [0.5, 0.6) is 0 Å². The predicted molar refractivity (Wildman–Crippen MR) is 93.9 cm³/mol. The molecule has 0 unspecified atom stereocenters. The summed E-state index contributed by atoms with van der Waals surface area (Å²) in [6.45, 7) is -0.0796. The Morgan fingerprint density at radius 2 is 2.11 bits per heavy atom. The number of fused-ring (bicyclic) bond motifs is 1. The summed E-state index contributed by atoms with van der Waals surface area (Å²) in [4.78, 5) is 27.7. The summed E-state index contributed by atoms with van der Waals surface area (Å²) < 4.78 is 51.5. The van der Waals surface area contributed by atoms with Gasteiger partial charge in [0.05, 0.1) is 6.20 Å². The number of halogens is 4. The van der Waals surface area contributed by atoms with E-state index in [1.807, 2.05) is 0 Å². The van der Waals surface area contributed by atoms with Gasteiger partial charge in [0, 0.05) is 30.4 Å². The Hall–Kier alpha value is -3.24. The summed E-state index contributed by atoms with van der Waals surface area (Å²) >= 11 is 0. The van der Waals surface area contributed by atoms with Gasteiger partial charge in [0.2, 0.25) is 5.91 Å². The van der Waals surface area contributed by atoms with Gasteiger partial charge in [-0.2, -0.15) is 13.2 Å². The van der Waals surface area contributed by atoms with E-state index >= 15 is 0 Å². The van der Waals surface area contributed by atoms with E-state index in [1.165, 1.54) is 6.92 Å². The summed E-state index contributed by atoms with van der Waals surface area (Å²) in [5, 5.41) is 3.23. The molecule has 0 aliphatic heterocycles. The molecule has 28 heavy (non-hydrogen) atoms. The van der Waals surface area contributed by atoms with Crippen LogP contribution in [0.25, 0.3) is 22.4 Å². The summed E-state index contributed by atoms with van der Waals surface area (Å²) in [5.74, 6) is -1.80. The fourth-order valence-electron chi connectivity index (χ4n) is 2.68. The maximum absolute atomic E-state index is 14.1. The van der Waals surface area contributed by atoms with Gasteiger partial charge in [-0.05, 0) is 19.1 Å². The van der Waals surface area contributed by atoms with Crippen molar-refractivity contribution in [3.63, 3.8) is 0 Å². The van der Waals surface area contributed by atoms with Gasteiger partial charge in [-0.25, -0.2) is 19.3 Å². The average Bonchev–Trinajstić information content (AvgIpc) is 3.05. The summed E-state index contributed by atoms with van der Waals surface area (Å²) in [5.41, 5.74) is 1.16. The molecule has 0 aliphatic carbocycles. The molecular formula is C17H16F4N6O. The van der Waals surface area contributed by atoms with Crippen molar-refractivity contribution >= 4 is 22.8 Å². The SMILES string of the molecule is C[C@@H](Nc1nc(-c2c[nH]c3ncccc23)ncc1F)C(=O)N(C)CC(F)(F)F. The Morgan fingerprint density at radius 3 is 2.82 bits per heavy atom. The minimum Gasteiger partial charge on any atom is -0.356 e. The molecular weight excluding hydrogens is 380 g/mol. The first-order chi connectivity index (χ1) is 13.2. The van der Waals surface area contributed by atoms with E-state index in [1.54, 1.807) is 24.5 Å². The Balaban J connectivity index is 1.83. The van der Waals surface area contributed by atoms with Crippen LogP contribution in [-0.4, -0.2) is 56.6 Å². The first-order valence-electron chi connectivity index (χ1n) is 8.19. The molecule has 0 saturated carbocycles. The number of alkyl halides is 3. The molecule has 0 saturated heterocycles. The van der Waals surface area contributed by atoms with E-state index < -0.39 is 30.5 Å².